The van der Waals surface area contributed by atoms with E-state index in [1.807, 2.05) is 179 Å². The first-order valence-corrected chi connectivity index (χ1v) is 37.7. The Labute approximate surface area is 708 Å². The molecule has 6 nitrogen and oxygen atoms in total. The van der Waals surface area contributed by atoms with Gasteiger partial charge in [0.15, 0.2) is 37.2 Å². The Morgan fingerprint density at radius 1 is 0.327 bits per heavy atom. The molecule has 13 rings (SSSR count). The van der Waals surface area contributed by atoms with E-state index in [4.69, 9.17) is 41.1 Å². The third kappa shape index (κ3) is 21.6. The van der Waals surface area contributed by atoms with Crippen LogP contribution in [0.2, 0.25) is 0 Å². The minimum absolute atomic E-state index is 0.0554. The van der Waals surface area contributed by atoms with E-state index >= 15 is 0 Å². The van der Waals surface area contributed by atoms with Crippen molar-refractivity contribution in [3.63, 3.8) is 0 Å². The average Bonchev–Trinajstić information content (AvgIpc) is 0.788. The van der Waals surface area contributed by atoms with Gasteiger partial charge in [-0.15, -0.1) is 0 Å². The smallest absolute Gasteiger partial charge is 0.201 e. The highest BCUT2D eigenvalue weighted by atomic mass is 14.9. The lowest BCUT2D eigenvalue weighted by molar-refractivity contribution is -0.661. The van der Waals surface area contributed by atoms with E-state index in [9.17, 15) is 0 Å². The van der Waals surface area contributed by atoms with Crippen LogP contribution in [0.5, 0.6) is 0 Å². The first-order valence-electron chi connectivity index (χ1n) is 52.7. The Bertz CT molecular complexity index is 6260. The number of hydrogen-bond donors (Lipinski definition) is 0. The molecule has 0 N–H and O–H groups in total. The Morgan fingerprint density at radius 3 is 0.945 bits per heavy atom. The van der Waals surface area contributed by atoms with Crippen molar-refractivity contribution in [1.29, 1.82) is 0 Å². The zero-order valence-electron chi connectivity index (χ0n) is 98.1. The van der Waals surface area contributed by atoms with Crippen molar-refractivity contribution in [2.24, 2.45) is 42.3 Å². The van der Waals surface area contributed by atoms with Gasteiger partial charge in [0.25, 0.3) is 0 Å². The molecule has 6 heteroatoms. The summed E-state index contributed by atoms with van der Waals surface area (Å²) in [5, 5.41) is 0. The van der Waals surface area contributed by atoms with Crippen LogP contribution in [0.4, 0.5) is 0 Å². The molecule has 1 aliphatic rings. The lowest BCUT2D eigenvalue weighted by Crippen LogP contribution is -2.32. The van der Waals surface area contributed by atoms with Gasteiger partial charge in [0, 0.05) is 144 Å². The van der Waals surface area contributed by atoms with Gasteiger partial charge in [0.1, 0.15) is 42.3 Å². The standard InChI is InChI=1S/C19H24N.C18H24N.3C17H22N.C16H20N/c1-14-8-4-7-11-17(14)19-12-18(15(2)13-20(19)3)16-9-5-6-10-16;1-6-15-11-18(16-10-8-7-9-14(16)4)19(5)12-17(15)13(2)3;3*1-5-14-11-17(18(4)12-15(14)6-2)16-10-8-7-9-13(16)3;1-5-14-10-16(17(4)11-13(14)3)15-9-7-6-8-12(15)2/h4,7-8,11-13,16H,5-6,9-10H2,1-3H3;7-13H,6H2,1-5H3;3*7-12H,5-6H2,1-4H3;6-11H,5H2,1-4H3/q6*+1/i2D3;2D3,6D2,13D;1D3,2D3,5D2,6D2;5D2,6D2;5D2;3D3,5D2. The summed E-state index contributed by atoms with van der Waals surface area (Å²) in [4.78, 5) is 0. The van der Waals surface area contributed by atoms with Gasteiger partial charge in [0.2, 0.25) is 34.2 Å². The molecule has 0 aliphatic heterocycles. The normalized spacial score (nSPS) is 17.7. The molecule has 1 unspecified atom stereocenters. The van der Waals surface area contributed by atoms with Gasteiger partial charge in [-0.2, -0.15) is 0 Å². The highest BCUT2D eigenvalue weighted by Gasteiger charge is 2.25. The van der Waals surface area contributed by atoms with Gasteiger partial charge < -0.3 is 0 Å². The third-order valence-electron chi connectivity index (χ3n) is 20.5. The minimum atomic E-state index is -3.12. The van der Waals surface area contributed by atoms with E-state index in [2.05, 4.69) is 61.9 Å². The number of pyridine rings is 6. The lowest BCUT2D eigenvalue weighted by atomic mass is 9.92. The first-order chi connectivity index (χ1) is 64.0. The Hall–Kier alpha value is -9.78. The maximum atomic E-state index is 8.41. The Balaban J connectivity index is 0.000000206. The van der Waals surface area contributed by atoms with E-state index in [0.717, 1.165) is 109 Å². The van der Waals surface area contributed by atoms with E-state index in [1.165, 1.54) is 87.2 Å². The molecule has 0 amide bonds. The molecule has 574 valence electrons. The topological polar surface area (TPSA) is 23.3 Å². The fourth-order valence-corrected chi connectivity index (χ4v) is 14.1. The number of hydrogen-bond acceptors (Lipinski definition) is 0. The van der Waals surface area contributed by atoms with Gasteiger partial charge >= 0.3 is 0 Å². The van der Waals surface area contributed by atoms with Crippen molar-refractivity contribution >= 4 is 0 Å². The van der Waals surface area contributed by atoms with Crippen LogP contribution in [0.25, 0.3) is 67.5 Å². The number of aromatic nitrogens is 6. The molecule has 0 bridgehead atoms. The molecular formula is C104H134N6+6. The zero-order chi connectivity index (χ0) is 106. The summed E-state index contributed by atoms with van der Waals surface area (Å²) >= 11 is 0. The second-order valence-electron chi connectivity index (χ2n) is 28.1. The molecule has 110 heavy (non-hydrogen) atoms. The summed E-state index contributed by atoms with van der Waals surface area (Å²) < 4.78 is 248. The van der Waals surface area contributed by atoms with Gasteiger partial charge in [-0.25, -0.2) is 27.4 Å². The van der Waals surface area contributed by atoms with Gasteiger partial charge in [-0.1, -0.05) is 191 Å². The average molecular weight is 1500 g/mol. The van der Waals surface area contributed by atoms with E-state index in [-0.39, 0.29) is 22.3 Å². The predicted molar refractivity (Wildman–Crippen MR) is 467 cm³/mol. The van der Waals surface area contributed by atoms with Crippen LogP contribution in [0.15, 0.2) is 219 Å². The fraction of sp³-hybridized carbons (Fsp3) is 0.365. The molecule has 6 aromatic heterocycles. The van der Waals surface area contributed by atoms with Gasteiger partial charge in [-0.05, 0) is 234 Å². The number of benzene rings is 6. The van der Waals surface area contributed by atoms with Crippen molar-refractivity contribution in [3.05, 3.63) is 319 Å². The van der Waals surface area contributed by atoms with Crippen molar-refractivity contribution in [1.82, 2.24) is 0 Å². The molecule has 1 saturated carbocycles. The predicted octanol–water partition coefficient (Wildman–Crippen LogP) is 22.8. The van der Waals surface area contributed by atoms with E-state index < -0.39 is 95.9 Å². The third-order valence-corrected chi connectivity index (χ3v) is 20.5. The fourth-order valence-electron chi connectivity index (χ4n) is 14.1. The van der Waals surface area contributed by atoms with Gasteiger partial charge in [0.05, 0.1) is 0 Å². The van der Waals surface area contributed by atoms with Crippen LogP contribution in [-0.4, -0.2) is 0 Å². The molecule has 6 aromatic carbocycles. The molecule has 6 heterocycles. The molecule has 0 spiro atoms. The van der Waals surface area contributed by atoms with Crippen LogP contribution >= 0.6 is 0 Å². The SMILES string of the molecule is [2H]C([2H])(C)c1cc(-c2ccccc2C)[n+](C)cc1C([2H])(C)C([2H])([2H])[2H].[2H]C([2H])(C)c1cc(-c2ccccc2C)[n+](C)cc1C([2H])([2H])C.[2H]C([2H])(C)c1cc(-c2ccccc2C)[n+](C)cc1CC.[2H]C([2H])([2H])C([2H])([2H])c1cc(-c2ccccc2C)[n+](C)cc1C([2H])([2H])C([2H])([2H])[2H].[2H]C([2H])([2H])c1c[n+](C)c(-c2ccccc2C)cc1C([2H])([2H])C.[2H]C([2H])([2H])c1c[n+](C)c(-c2ccccc2C)cc1C1CCCC1. The first kappa shape index (κ1) is 52.4. The number of rotatable bonds is 16. The minimum Gasteiger partial charge on any atom is -0.201 e. The molecule has 0 radical (unpaired) electrons. The summed E-state index contributed by atoms with van der Waals surface area (Å²) in [5.74, 6) is -1.53. The molecule has 0 saturated heterocycles. The summed E-state index contributed by atoms with van der Waals surface area (Å²) in [6, 6.07) is 57.7. The summed E-state index contributed by atoms with van der Waals surface area (Å²) in [6.45, 7) is 9.53. The second kappa shape index (κ2) is 41.3. The van der Waals surface area contributed by atoms with Crippen LogP contribution in [0.1, 0.15) is 248 Å². The monoisotopic (exact) mass is 1500 g/mol. The molecule has 1 atom stereocenters. The van der Waals surface area contributed by atoms with Crippen molar-refractivity contribution in [2.75, 3.05) is 0 Å². The zero-order valence-corrected chi connectivity index (χ0v) is 68.1. The quantitative estimate of drug-likeness (QED) is 0.0861. The van der Waals surface area contributed by atoms with Crippen LogP contribution in [-0.2, 0) is 93.3 Å². The van der Waals surface area contributed by atoms with Crippen molar-refractivity contribution in [2.45, 2.75) is 213 Å². The molecule has 1 fully saturated rings. The lowest BCUT2D eigenvalue weighted by Gasteiger charge is -2.14. The highest BCUT2D eigenvalue weighted by molar-refractivity contribution is 5.66. The summed E-state index contributed by atoms with van der Waals surface area (Å²) in [7, 11) is 11.0. The van der Waals surface area contributed by atoms with Crippen molar-refractivity contribution < 1.29 is 68.5 Å². The maximum absolute atomic E-state index is 8.41. The molecule has 1 aliphatic carbocycles. The van der Waals surface area contributed by atoms with E-state index in [1.54, 1.807) is 79.9 Å². The molecule has 12 aromatic rings. The Kier molecular flexibility index (Phi) is 19.7. The van der Waals surface area contributed by atoms with E-state index in [0.29, 0.717) is 33.9 Å². The maximum Gasteiger partial charge on any atom is 0.212 e. The molecular weight excluding hydrogens is 1330 g/mol. The van der Waals surface area contributed by atoms with Crippen LogP contribution in [0, 0.1) is 55.2 Å². The summed E-state index contributed by atoms with van der Waals surface area (Å²) in [5.41, 5.74) is 21.4. The second-order valence-corrected chi connectivity index (χ2v) is 28.1. The summed E-state index contributed by atoms with van der Waals surface area (Å²) in [6.07, 6.45) is 1.38. The number of nitrogens with zero attached hydrogens (tertiary/aromatic N) is 6. The van der Waals surface area contributed by atoms with Crippen LogP contribution < -0.4 is 27.4 Å². The van der Waals surface area contributed by atoms with Crippen LogP contribution in [0.3, 0.4) is 0 Å². The number of aryl methyl sites for hydroxylation is 22. The van der Waals surface area contributed by atoms with Gasteiger partial charge in [-0.3, -0.25) is 0 Å². The highest BCUT2D eigenvalue weighted by Crippen LogP contribution is 2.37. The largest absolute Gasteiger partial charge is 0.212 e. The Morgan fingerprint density at radius 2 is 0.609 bits per heavy atom. The van der Waals surface area contributed by atoms with Crippen molar-refractivity contribution in [3.8, 4) is 67.5 Å².